The molecule has 0 radical (unpaired) electrons. The Balaban J connectivity index is 1.79. The van der Waals surface area contributed by atoms with Crippen LogP contribution in [0.2, 0.25) is 0 Å². The number of rotatable bonds is 5. The van der Waals surface area contributed by atoms with Gasteiger partial charge in [-0.25, -0.2) is 9.59 Å². The summed E-state index contributed by atoms with van der Waals surface area (Å²) in [6.07, 6.45) is -3.20. The Morgan fingerprint density at radius 2 is 1.88 bits per heavy atom. The van der Waals surface area contributed by atoms with Crippen LogP contribution in [0, 0.1) is 0 Å². The predicted molar refractivity (Wildman–Crippen MR) is 80.8 cm³/mol. The van der Waals surface area contributed by atoms with E-state index in [9.17, 15) is 27.6 Å². The molecule has 0 unspecified atom stereocenters. The Labute approximate surface area is 145 Å². The van der Waals surface area contributed by atoms with Crippen molar-refractivity contribution in [3.8, 4) is 0 Å². The molecule has 10 heteroatoms. The summed E-state index contributed by atoms with van der Waals surface area (Å²) in [7, 11) is 0. The van der Waals surface area contributed by atoms with Crippen molar-refractivity contribution in [1.29, 1.82) is 0 Å². The molecule has 7 nitrogen and oxygen atoms in total. The first-order valence-corrected chi connectivity index (χ1v) is 7.20. The first-order chi connectivity index (χ1) is 12.3. The highest BCUT2D eigenvalue weighted by Crippen LogP contribution is 2.29. The van der Waals surface area contributed by atoms with E-state index in [4.69, 9.17) is 4.42 Å². The van der Waals surface area contributed by atoms with Crippen LogP contribution in [-0.2, 0) is 22.3 Å². The largest absolute Gasteiger partial charge is 0.467 e. The molecule has 2 rings (SSSR count). The molecule has 0 atom stereocenters. The smallest absolute Gasteiger partial charge is 0.416 e. The van der Waals surface area contributed by atoms with Crippen molar-refractivity contribution in [2.45, 2.75) is 12.7 Å². The summed E-state index contributed by atoms with van der Waals surface area (Å²) in [5.74, 6) is -1.60. The first kappa shape index (κ1) is 19.0. The number of hydrogen-bond donors (Lipinski definition) is 2. The number of halogens is 3. The quantitative estimate of drug-likeness (QED) is 0.788. The SMILES string of the molecule is O=C(COC(=O)c1cccc(C(F)(F)F)c1)NC(=O)NCc1ccco1. The van der Waals surface area contributed by atoms with Crippen molar-refractivity contribution >= 4 is 17.9 Å². The fraction of sp³-hybridized carbons (Fsp3) is 0.188. The van der Waals surface area contributed by atoms with E-state index in [0.29, 0.717) is 11.8 Å². The molecule has 0 spiro atoms. The van der Waals surface area contributed by atoms with Crippen LogP contribution < -0.4 is 10.6 Å². The molecule has 1 aromatic carbocycles. The molecule has 26 heavy (non-hydrogen) atoms. The minimum absolute atomic E-state index is 0.0378. The number of amides is 3. The zero-order valence-electron chi connectivity index (χ0n) is 13.1. The van der Waals surface area contributed by atoms with Gasteiger partial charge in [0, 0.05) is 0 Å². The van der Waals surface area contributed by atoms with E-state index < -0.39 is 36.3 Å². The summed E-state index contributed by atoms with van der Waals surface area (Å²) < 4.78 is 47.4. The first-order valence-electron chi connectivity index (χ1n) is 7.20. The van der Waals surface area contributed by atoms with Crippen LogP contribution >= 0.6 is 0 Å². The van der Waals surface area contributed by atoms with Crippen molar-refractivity contribution in [3.63, 3.8) is 0 Å². The summed E-state index contributed by atoms with van der Waals surface area (Å²) in [6.45, 7) is -0.792. The second kappa shape index (κ2) is 8.19. The third-order valence-electron chi connectivity index (χ3n) is 3.02. The molecular weight excluding hydrogens is 357 g/mol. The highest BCUT2D eigenvalue weighted by molar-refractivity contribution is 5.97. The Kier molecular flexibility index (Phi) is 5.99. The summed E-state index contributed by atoms with van der Waals surface area (Å²) in [6, 6.07) is 5.95. The Bertz CT molecular complexity index is 787. The molecule has 0 aliphatic rings. The second-order valence-electron chi connectivity index (χ2n) is 4.96. The zero-order chi connectivity index (χ0) is 19.2. The van der Waals surface area contributed by atoms with Crippen molar-refractivity contribution in [3.05, 3.63) is 59.5 Å². The topological polar surface area (TPSA) is 97.6 Å². The van der Waals surface area contributed by atoms with Crippen LogP contribution in [0.25, 0.3) is 0 Å². The van der Waals surface area contributed by atoms with Crippen LogP contribution in [0.4, 0.5) is 18.0 Å². The molecule has 0 fully saturated rings. The molecule has 0 saturated heterocycles. The molecule has 0 saturated carbocycles. The van der Waals surface area contributed by atoms with Gasteiger partial charge in [-0.1, -0.05) is 6.07 Å². The van der Waals surface area contributed by atoms with E-state index in [-0.39, 0.29) is 12.1 Å². The summed E-state index contributed by atoms with van der Waals surface area (Å²) >= 11 is 0. The zero-order valence-corrected chi connectivity index (χ0v) is 13.1. The van der Waals surface area contributed by atoms with E-state index in [0.717, 1.165) is 18.2 Å². The van der Waals surface area contributed by atoms with Crippen LogP contribution in [0.15, 0.2) is 47.1 Å². The number of imide groups is 1. The average Bonchev–Trinajstić information content (AvgIpc) is 3.11. The molecule has 0 aliphatic heterocycles. The second-order valence-corrected chi connectivity index (χ2v) is 4.96. The van der Waals surface area contributed by atoms with Crippen LogP contribution in [0.3, 0.4) is 0 Å². The minimum atomic E-state index is -4.61. The molecule has 3 amide bonds. The predicted octanol–water partition coefficient (Wildman–Crippen LogP) is 2.48. The number of alkyl halides is 3. The number of hydrogen-bond acceptors (Lipinski definition) is 5. The molecular formula is C16H13F3N2O5. The Morgan fingerprint density at radius 1 is 1.12 bits per heavy atom. The maximum Gasteiger partial charge on any atom is 0.416 e. The van der Waals surface area contributed by atoms with Gasteiger partial charge in [0.15, 0.2) is 6.61 Å². The van der Waals surface area contributed by atoms with Crippen molar-refractivity contribution in [1.82, 2.24) is 10.6 Å². The summed E-state index contributed by atoms with van der Waals surface area (Å²) in [5, 5.41) is 4.23. The van der Waals surface area contributed by atoms with Gasteiger partial charge in [0.1, 0.15) is 5.76 Å². The number of carbonyl (C=O) groups is 3. The standard InChI is InChI=1S/C16H13F3N2O5/c17-16(18,19)11-4-1-3-10(7-11)14(23)26-9-13(22)21-15(24)20-8-12-5-2-6-25-12/h1-7H,8-9H2,(H2,20,21,22,24). The highest BCUT2D eigenvalue weighted by atomic mass is 19.4. The lowest BCUT2D eigenvalue weighted by Crippen LogP contribution is -2.41. The number of furan rings is 1. The Morgan fingerprint density at radius 3 is 2.54 bits per heavy atom. The number of ether oxygens (including phenoxy) is 1. The lowest BCUT2D eigenvalue weighted by Gasteiger charge is -2.09. The van der Waals surface area contributed by atoms with Gasteiger partial charge in [-0.15, -0.1) is 0 Å². The monoisotopic (exact) mass is 370 g/mol. The number of benzene rings is 1. The highest BCUT2D eigenvalue weighted by Gasteiger charge is 2.31. The number of esters is 1. The third-order valence-corrected chi connectivity index (χ3v) is 3.02. The lowest BCUT2D eigenvalue weighted by atomic mass is 10.1. The number of nitrogens with one attached hydrogen (secondary N) is 2. The van der Waals surface area contributed by atoms with Gasteiger partial charge >= 0.3 is 18.2 Å². The van der Waals surface area contributed by atoms with Gasteiger partial charge in [-0.2, -0.15) is 13.2 Å². The normalized spacial score (nSPS) is 10.9. The van der Waals surface area contributed by atoms with Gasteiger partial charge in [-0.3, -0.25) is 10.1 Å². The summed E-state index contributed by atoms with van der Waals surface area (Å²) in [5.41, 5.74) is -1.39. The molecule has 0 bridgehead atoms. The fourth-order valence-electron chi connectivity index (χ4n) is 1.82. The molecule has 0 aliphatic carbocycles. The average molecular weight is 370 g/mol. The van der Waals surface area contributed by atoms with Gasteiger partial charge in [0.2, 0.25) is 0 Å². The van der Waals surface area contributed by atoms with Gasteiger partial charge < -0.3 is 14.5 Å². The maximum absolute atomic E-state index is 12.6. The maximum atomic E-state index is 12.6. The molecule has 2 N–H and O–H groups in total. The third kappa shape index (κ3) is 5.65. The molecule has 138 valence electrons. The van der Waals surface area contributed by atoms with Gasteiger partial charge in [0.25, 0.3) is 5.91 Å². The molecule has 1 aromatic heterocycles. The number of carbonyl (C=O) groups excluding carboxylic acids is 3. The van der Waals surface area contributed by atoms with E-state index in [2.05, 4.69) is 10.1 Å². The fourth-order valence-corrected chi connectivity index (χ4v) is 1.82. The van der Waals surface area contributed by atoms with E-state index >= 15 is 0 Å². The number of urea groups is 1. The molecule has 1 heterocycles. The minimum Gasteiger partial charge on any atom is -0.467 e. The van der Waals surface area contributed by atoms with Crippen molar-refractivity contribution in [2.75, 3.05) is 6.61 Å². The van der Waals surface area contributed by atoms with Crippen molar-refractivity contribution in [2.24, 2.45) is 0 Å². The van der Waals surface area contributed by atoms with E-state index in [1.807, 2.05) is 5.32 Å². The van der Waals surface area contributed by atoms with E-state index in [1.54, 1.807) is 12.1 Å². The molecule has 2 aromatic rings. The van der Waals surface area contributed by atoms with Crippen molar-refractivity contribution < 1.29 is 36.7 Å². The van der Waals surface area contributed by atoms with Crippen LogP contribution in [0.1, 0.15) is 21.7 Å². The van der Waals surface area contributed by atoms with Gasteiger partial charge in [-0.05, 0) is 30.3 Å². The van der Waals surface area contributed by atoms with Gasteiger partial charge in [0.05, 0.1) is 23.9 Å². The Hall–Kier alpha value is -3.30. The van der Waals surface area contributed by atoms with E-state index in [1.165, 1.54) is 6.26 Å². The van der Waals surface area contributed by atoms with Crippen LogP contribution in [0.5, 0.6) is 0 Å². The van der Waals surface area contributed by atoms with Crippen LogP contribution in [-0.4, -0.2) is 24.5 Å². The lowest BCUT2D eigenvalue weighted by molar-refractivity contribution is -0.137. The summed E-state index contributed by atoms with van der Waals surface area (Å²) in [4.78, 5) is 34.7.